The van der Waals surface area contributed by atoms with Crippen LogP contribution >= 0.6 is 0 Å². The molecule has 0 atom stereocenters. The number of anilines is 1. The lowest BCUT2D eigenvalue weighted by Crippen LogP contribution is -2.41. The molecule has 128 valence electrons. The first kappa shape index (κ1) is 16.7. The van der Waals surface area contributed by atoms with E-state index in [0.29, 0.717) is 37.5 Å². The number of sulfonamides is 1. The monoisotopic (exact) mass is 349 g/mol. The fourth-order valence-electron chi connectivity index (χ4n) is 2.75. The van der Waals surface area contributed by atoms with Crippen molar-refractivity contribution in [1.82, 2.24) is 9.46 Å². The molecule has 1 aliphatic heterocycles. The van der Waals surface area contributed by atoms with Crippen molar-refractivity contribution < 1.29 is 17.7 Å². The van der Waals surface area contributed by atoms with Gasteiger partial charge in [0.15, 0.2) is 5.82 Å². The van der Waals surface area contributed by atoms with Crippen molar-refractivity contribution in [3.63, 3.8) is 0 Å². The molecule has 0 saturated carbocycles. The van der Waals surface area contributed by atoms with Crippen molar-refractivity contribution in [3.05, 3.63) is 42.2 Å². The van der Waals surface area contributed by atoms with E-state index in [1.807, 2.05) is 0 Å². The summed E-state index contributed by atoms with van der Waals surface area (Å²) in [6.07, 6.45) is 0.962. The van der Waals surface area contributed by atoms with E-state index < -0.39 is 10.0 Å². The van der Waals surface area contributed by atoms with Crippen molar-refractivity contribution in [2.24, 2.45) is 5.92 Å². The molecule has 0 aliphatic carbocycles. The Bertz CT molecular complexity index is 809. The lowest BCUT2D eigenvalue weighted by Gasteiger charge is -2.30. The lowest BCUT2D eigenvalue weighted by atomic mass is 9.97. The molecular formula is C16H19N3O4S. The van der Waals surface area contributed by atoms with Gasteiger partial charge in [-0.05, 0) is 31.9 Å². The molecule has 8 heteroatoms. The highest BCUT2D eigenvalue weighted by atomic mass is 32.2. The van der Waals surface area contributed by atoms with Crippen molar-refractivity contribution in [2.45, 2.75) is 24.7 Å². The lowest BCUT2D eigenvalue weighted by molar-refractivity contribution is -0.120. The van der Waals surface area contributed by atoms with E-state index >= 15 is 0 Å². The summed E-state index contributed by atoms with van der Waals surface area (Å²) in [7, 11) is -3.49. The van der Waals surface area contributed by atoms with Crippen LogP contribution in [0.4, 0.5) is 5.82 Å². The first-order chi connectivity index (χ1) is 11.5. The molecule has 1 fully saturated rings. The van der Waals surface area contributed by atoms with Gasteiger partial charge in [0.05, 0.1) is 4.90 Å². The van der Waals surface area contributed by atoms with Gasteiger partial charge in [-0.15, -0.1) is 0 Å². The first-order valence-electron chi connectivity index (χ1n) is 7.76. The largest absolute Gasteiger partial charge is 0.360 e. The standard InChI is InChI=1S/C16H19N3O4S/c1-12-11-15(18-23-12)17-16(20)13-7-9-19(10-8-13)24(21,22)14-5-3-2-4-6-14/h2-6,11,13H,7-10H2,1H3,(H,17,18,20). The van der Waals surface area contributed by atoms with E-state index in [1.54, 1.807) is 43.3 Å². The Morgan fingerprint density at radius 1 is 1.25 bits per heavy atom. The summed E-state index contributed by atoms with van der Waals surface area (Å²) in [5.74, 6) is 0.621. The van der Waals surface area contributed by atoms with Gasteiger partial charge in [0.25, 0.3) is 0 Å². The Kier molecular flexibility index (Phi) is 4.68. The number of carbonyl (C=O) groups is 1. The van der Waals surface area contributed by atoms with Crippen LogP contribution in [-0.2, 0) is 14.8 Å². The molecule has 2 aromatic rings. The first-order valence-corrected chi connectivity index (χ1v) is 9.20. The number of aromatic nitrogens is 1. The molecule has 0 spiro atoms. The maximum atomic E-state index is 12.6. The van der Waals surface area contributed by atoms with Crippen LogP contribution in [0.3, 0.4) is 0 Å². The van der Waals surface area contributed by atoms with Crippen molar-refractivity contribution >= 4 is 21.7 Å². The Morgan fingerprint density at radius 2 is 1.92 bits per heavy atom. The Morgan fingerprint density at radius 3 is 2.50 bits per heavy atom. The van der Waals surface area contributed by atoms with Gasteiger partial charge in [-0.1, -0.05) is 23.4 Å². The second-order valence-electron chi connectivity index (χ2n) is 5.80. The van der Waals surface area contributed by atoms with E-state index in [-0.39, 0.29) is 16.7 Å². The molecular weight excluding hydrogens is 330 g/mol. The number of hydrogen-bond acceptors (Lipinski definition) is 5. The van der Waals surface area contributed by atoms with Gasteiger partial charge in [0, 0.05) is 25.1 Å². The summed E-state index contributed by atoms with van der Waals surface area (Å²) < 4.78 is 31.5. The fraction of sp³-hybridized carbons (Fsp3) is 0.375. The number of aryl methyl sites for hydroxylation is 1. The van der Waals surface area contributed by atoms with E-state index in [0.717, 1.165) is 0 Å². The highest BCUT2D eigenvalue weighted by Crippen LogP contribution is 2.24. The molecule has 1 aromatic carbocycles. The van der Waals surface area contributed by atoms with E-state index in [1.165, 1.54) is 4.31 Å². The minimum Gasteiger partial charge on any atom is -0.360 e. The topological polar surface area (TPSA) is 92.5 Å². The van der Waals surface area contributed by atoms with Crippen molar-refractivity contribution in [3.8, 4) is 0 Å². The number of rotatable bonds is 4. The maximum Gasteiger partial charge on any atom is 0.243 e. The highest BCUT2D eigenvalue weighted by molar-refractivity contribution is 7.89. The van der Waals surface area contributed by atoms with Crippen LogP contribution in [0.2, 0.25) is 0 Å². The number of hydrogen-bond donors (Lipinski definition) is 1. The predicted octanol–water partition coefficient (Wildman–Crippen LogP) is 2.02. The summed E-state index contributed by atoms with van der Waals surface area (Å²) in [5.41, 5.74) is 0. The summed E-state index contributed by atoms with van der Waals surface area (Å²) in [6, 6.07) is 10.00. The minimum absolute atomic E-state index is 0.153. The smallest absolute Gasteiger partial charge is 0.243 e. The second kappa shape index (κ2) is 6.74. The zero-order valence-corrected chi connectivity index (χ0v) is 14.1. The summed E-state index contributed by atoms with van der Waals surface area (Å²) >= 11 is 0. The minimum atomic E-state index is -3.49. The Balaban J connectivity index is 1.60. The number of nitrogens with one attached hydrogen (secondary N) is 1. The summed E-state index contributed by atoms with van der Waals surface area (Å²) in [4.78, 5) is 12.5. The molecule has 7 nitrogen and oxygen atoms in total. The Hall–Kier alpha value is -2.19. The van der Waals surface area contributed by atoms with Gasteiger partial charge in [-0.2, -0.15) is 4.31 Å². The van der Waals surface area contributed by atoms with Gasteiger partial charge in [-0.25, -0.2) is 8.42 Å². The average molecular weight is 349 g/mol. The van der Waals surface area contributed by atoms with Crippen molar-refractivity contribution in [2.75, 3.05) is 18.4 Å². The number of nitrogens with zero attached hydrogens (tertiary/aromatic N) is 2. The van der Waals surface area contributed by atoms with Gasteiger partial charge < -0.3 is 9.84 Å². The maximum absolute atomic E-state index is 12.6. The van der Waals surface area contributed by atoms with Crippen molar-refractivity contribution in [1.29, 1.82) is 0 Å². The predicted molar refractivity (Wildman–Crippen MR) is 87.8 cm³/mol. The van der Waals surface area contributed by atoms with Crippen LogP contribution in [0.5, 0.6) is 0 Å². The molecule has 0 unspecified atom stereocenters. The van der Waals surface area contributed by atoms with Gasteiger partial charge in [0.1, 0.15) is 5.76 Å². The van der Waals surface area contributed by atoms with Gasteiger partial charge in [0.2, 0.25) is 15.9 Å². The molecule has 1 saturated heterocycles. The fourth-order valence-corrected chi connectivity index (χ4v) is 4.24. The normalized spacial score (nSPS) is 16.9. The molecule has 2 heterocycles. The van der Waals surface area contributed by atoms with E-state index in [9.17, 15) is 13.2 Å². The third-order valence-corrected chi connectivity index (χ3v) is 6.00. The number of carbonyl (C=O) groups excluding carboxylic acids is 1. The molecule has 0 bridgehead atoms. The Labute approximate surface area is 140 Å². The molecule has 0 radical (unpaired) electrons. The molecule has 1 amide bonds. The summed E-state index contributed by atoms with van der Waals surface area (Å²) in [6.45, 7) is 2.40. The second-order valence-corrected chi connectivity index (χ2v) is 7.74. The SMILES string of the molecule is Cc1cc(NC(=O)C2CCN(S(=O)(=O)c3ccccc3)CC2)no1. The van der Waals surface area contributed by atoms with Crippen LogP contribution in [0.15, 0.2) is 45.8 Å². The highest BCUT2D eigenvalue weighted by Gasteiger charge is 2.32. The van der Waals surface area contributed by atoms with Crippen LogP contribution in [0.1, 0.15) is 18.6 Å². The average Bonchev–Trinajstić information content (AvgIpc) is 3.00. The van der Waals surface area contributed by atoms with E-state index in [4.69, 9.17) is 4.52 Å². The molecule has 1 aromatic heterocycles. The van der Waals surface area contributed by atoms with Crippen LogP contribution in [0, 0.1) is 12.8 Å². The number of amides is 1. The quantitative estimate of drug-likeness (QED) is 0.911. The molecule has 3 rings (SSSR count). The summed E-state index contributed by atoms with van der Waals surface area (Å²) in [5, 5.41) is 6.44. The van der Waals surface area contributed by atoms with Crippen LogP contribution in [-0.4, -0.2) is 36.9 Å². The van der Waals surface area contributed by atoms with Crippen LogP contribution < -0.4 is 5.32 Å². The molecule has 24 heavy (non-hydrogen) atoms. The van der Waals surface area contributed by atoms with Gasteiger partial charge >= 0.3 is 0 Å². The zero-order chi connectivity index (χ0) is 17.2. The number of benzene rings is 1. The van der Waals surface area contributed by atoms with Crippen LogP contribution in [0.25, 0.3) is 0 Å². The third-order valence-electron chi connectivity index (χ3n) is 4.08. The molecule has 1 N–H and O–H groups in total. The molecule has 1 aliphatic rings. The van der Waals surface area contributed by atoms with Gasteiger partial charge in [-0.3, -0.25) is 4.79 Å². The number of piperidine rings is 1. The zero-order valence-electron chi connectivity index (χ0n) is 13.3. The third kappa shape index (κ3) is 3.49. The van der Waals surface area contributed by atoms with E-state index in [2.05, 4.69) is 10.5 Å².